The van der Waals surface area contributed by atoms with Crippen molar-refractivity contribution in [2.45, 2.75) is 46.0 Å². The smallest absolute Gasteiger partial charge is 0.303 e. The van der Waals surface area contributed by atoms with Gasteiger partial charge in [-0.3, -0.25) is 9.59 Å². The lowest BCUT2D eigenvalue weighted by Crippen LogP contribution is -2.35. The largest absolute Gasteiger partial charge is 0.481 e. The van der Waals surface area contributed by atoms with E-state index in [9.17, 15) is 9.59 Å². The van der Waals surface area contributed by atoms with Crippen LogP contribution in [0.15, 0.2) is 0 Å². The summed E-state index contributed by atoms with van der Waals surface area (Å²) in [7, 11) is 0. The third-order valence-electron chi connectivity index (χ3n) is 3.67. The van der Waals surface area contributed by atoms with Gasteiger partial charge in [-0.25, -0.2) is 0 Å². The van der Waals surface area contributed by atoms with Crippen LogP contribution in [0.4, 0.5) is 0 Å². The SMILES string of the molecule is CC(CCC(=O)O)CNC(=O)C1CCCC1C. The lowest BCUT2D eigenvalue weighted by Gasteiger charge is -2.17. The number of aliphatic carboxylic acids is 1. The molecule has 1 aliphatic rings. The molecule has 4 heteroatoms. The molecule has 17 heavy (non-hydrogen) atoms. The van der Waals surface area contributed by atoms with Crippen LogP contribution in [-0.4, -0.2) is 23.5 Å². The summed E-state index contributed by atoms with van der Waals surface area (Å²) in [6.45, 7) is 4.70. The second kappa shape index (κ2) is 6.62. The first-order chi connectivity index (χ1) is 8.00. The fourth-order valence-electron chi connectivity index (χ4n) is 2.41. The summed E-state index contributed by atoms with van der Waals surface area (Å²) in [4.78, 5) is 22.3. The van der Waals surface area contributed by atoms with Gasteiger partial charge in [0.2, 0.25) is 5.91 Å². The van der Waals surface area contributed by atoms with E-state index in [-0.39, 0.29) is 24.2 Å². The number of rotatable bonds is 6. The monoisotopic (exact) mass is 241 g/mol. The van der Waals surface area contributed by atoms with Gasteiger partial charge >= 0.3 is 5.97 Å². The summed E-state index contributed by atoms with van der Waals surface area (Å²) in [6, 6.07) is 0. The van der Waals surface area contributed by atoms with Crippen molar-refractivity contribution in [1.29, 1.82) is 0 Å². The van der Waals surface area contributed by atoms with Crippen LogP contribution < -0.4 is 5.32 Å². The fourth-order valence-corrected chi connectivity index (χ4v) is 2.41. The number of carboxylic acids is 1. The molecule has 0 aliphatic heterocycles. The molecule has 1 fully saturated rings. The van der Waals surface area contributed by atoms with Crippen LogP contribution >= 0.6 is 0 Å². The summed E-state index contributed by atoms with van der Waals surface area (Å²) >= 11 is 0. The maximum atomic E-state index is 11.9. The highest BCUT2D eigenvalue weighted by Crippen LogP contribution is 2.31. The molecule has 98 valence electrons. The first-order valence-corrected chi connectivity index (χ1v) is 6.50. The number of nitrogens with one attached hydrogen (secondary N) is 1. The number of carboxylic acid groups (broad SMARTS) is 1. The summed E-state index contributed by atoms with van der Waals surface area (Å²) < 4.78 is 0. The van der Waals surface area contributed by atoms with Crippen LogP contribution in [0.25, 0.3) is 0 Å². The Kier molecular flexibility index (Phi) is 5.45. The van der Waals surface area contributed by atoms with Crippen molar-refractivity contribution in [2.24, 2.45) is 17.8 Å². The third kappa shape index (κ3) is 4.75. The minimum absolute atomic E-state index is 0.150. The minimum Gasteiger partial charge on any atom is -0.481 e. The molecule has 0 aromatic heterocycles. The third-order valence-corrected chi connectivity index (χ3v) is 3.67. The second-order valence-corrected chi connectivity index (χ2v) is 5.30. The van der Waals surface area contributed by atoms with E-state index < -0.39 is 5.97 Å². The van der Waals surface area contributed by atoms with Crippen molar-refractivity contribution in [3.63, 3.8) is 0 Å². The minimum atomic E-state index is -0.771. The molecule has 0 aromatic carbocycles. The molecule has 0 saturated heterocycles. The summed E-state index contributed by atoms with van der Waals surface area (Å²) in [5, 5.41) is 11.5. The number of amides is 1. The zero-order valence-corrected chi connectivity index (χ0v) is 10.7. The lowest BCUT2D eigenvalue weighted by atomic mass is 9.97. The molecule has 0 spiro atoms. The van der Waals surface area contributed by atoms with Crippen molar-refractivity contribution in [2.75, 3.05) is 6.54 Å². The van der Waals surface area contributed by atoms with E-state index in [0.717, 1.165) is 19.3 Å². The highest BCUT2D eigenvalue weighted by atomic mass is 16.4. The van der Waals surface area contributed by atoms with Gasteiger partial charge in [0.1, 0.15) is 0 Å². The molecule has 3 unspecified atom stereocenters. The van der Waals surface area contributed by atoms with Crippen LogP contribution in [0.2, 0.25) is 0 Å². The van der Waals surface area contributed by atoms with Crippen LogP contribution in [0.3, 0.4) is 0 Å². The molecule has 3 atom stereocenters. The molecular formula is C13H23NO3. The molecule has 1 aliphatic carbocycles. The topological polar surface area (TPSA) is 66.4 Å². The maximum absolute atomic E-state index is 11.9. The molecule has 1 amide bonds. The summed E-state index contributed by atoms with van der Waals surface area (Å²) in [6.07, 6.45) is 4.09. The van der Waals surface area contributed by atoms with Crippen LogP contribution in [0.5, 0.6) is 0 Å². The quantitative estimate of drug-likeness (QED) is 0.748. The Labute approximate surface area is 103 Å². The molecule has 1 saturated carbocycles. The van der Waals surface area contributed by atoms with E-state index in [0.29, 0.717) is 18.9 Å². The van der Waals surface area contributed by atoms with Gasteiger partial charge in [0.15, 0.2) is 0 Å². The molecule has 2 N–H and O–H groups in total. The fraction of sp³-hybridized carbons (Fsp3) is 0.846. The van der Waals surface area contributed by atoms with Crippen molar-refractivity contribution in [1.82, 2.24) is 5.32 Å². The highest BCUT2D eigenvalue weighted by molar-refractivity contribution is 5.79. The van der Waals surface area contributed by atoms with Crippen LogP contribution in [-0.2, 0) is 9.59 Å². The normalized spacial score (nSPS) is 25.5. The average Bonchev–Trinajstić information content (AvgIpc) is 2.69. The first kappa shape index (κ1) is 14.0. The number of hydrogen-bond acceptors (Lipinski definition) is 2. The average molecular weight is 241 g/mol. The van der Waals surface area contributed by atoms with Gasteiger partial charge in [-0.15, -0.1) is 0 Å². The van der Waals surface area contributed by atoms with E-state index in [1.165, 1.54) is 0 Å². The molecule has 4 nitrogen and oxygen atoms in total. The van der Waals surface area contributed by atoms with E-state index in [4.69, 9.17) is 5.11 Å². The van der Waals surface area contributed by atoms with Crippen molar-refractivity contribution in [3.05, 3.63) is 0 Å². The van der Waals surface area contributed by atoms with E-state index in [1.54, 1.807) is 0 Å². The zero-order valence-electron chi connectivity index (χ0n) is 10.7. The molecule has 0 bridgehead atoms. The number of carbonyl (C=O) groups is 2. The summed E-state index contributed by atoms with van der Waals surface area (Å²) in [5.41, 5.74) is 0. The van der Waals surface area contributed by atoms with Crippen molar-refractivity contribution in [3.8, 4) is 0 Å². The molecule has 0 aromatic rings. The standard InChI is InChI=1S/C13H23NO3/c1-9(6-7-12(15)16)8-14-13(17)11-5-3-4-10(11)2/h9-11H,3-8H2,1-2H3,(H,14,17)(H,15,16). The highest BCUT2D eigenvalue weighted by Gasteiger charge is 2.29. The Balaban J connectivity index is 2.21. The Bertz CT molecular complexity index is 278. The van der Waals surface area contributed by atoms with Gasteiger partial charge in [0, 0.05) is 18.9 Å². The number of hydrogen-bond donors (Lipinski definition) is 2. The predicted octanol–water partition coefficient (Wildman–Crippen LogP) is 2.04. The van der Waals surface area contributed by atoms with E-state index in [2.05, 4.69) is 12.2 Å². The van der Waals surface area contributed by atoms with Gasteiger partial charge in [0.25, 0.3) is 0 Å². The van der Waals surface area contributed by atoms with Crippen molar-refractivity contribution < 1.29 is 14.7 Å². The van der Waals surface area contributed by atoms with Gasteiger partial charge in [-0.05, 0) is 31.1 Å². The lowest BCUT2D eigenvalue weighted by molar-refractivity contribution is -0.137. The molecular weight excluding hydrogens is 218 g/mol. The Hall–Kier alpha value is -1.06. The van der Waals surface area contributed by atoms with Gasteiger partial charge < -0.3 is 10.4 Å². The Morgan fingerprint density at radius 3 is 2.65 bits per heavy atom. The summed E-state index contributed by atoms with van der Waals surface area (Å²) in [5.74, 6) is 0.266. The van der Waals surface area contributed by atoms with Crippen LogP contribution in [0.1, 0.15) is 46.0 Å². The van der Waals surface area contributed by atoms with Gasteiger partial charge in [0.05, 0.1) is 0 Å². The maximum Gasteiger partial charge on any atom is 0.303 e. The first-order valence-electron chi connectivity index (χ1n) is 6.50. The van der Waals surface area contributed by atoms with E-state index in [1.807, 2.05) is 6.92 Å². The second-order valence-electron chi connectivity index (χ2n) is 5.30. The Morgan fingerprint density at radius 2 is 2.12 bits per heavy atom. The Morgan fingerprint density at radius 1 is 1.41 bits per heavy atom. The van der Waals surface area contributed by atoms with Crippen molar-refractivity contribution >= 4 is 11.9 Å². The van der Waals surface area contributed by atoms with Crippen LogP contribution in [0, 0.1) is 17.8 Å². The molecule has 0 radical (unpaired) electrons. The van der Waals surface area contributed by atoms with E-state index >= 15 is 0 Å². The van der Waals surface area contributed by atoms with Gasteiger partial charge in [-0.1, -0.05) is 20.3 Å². The predicted molar refractivity (Wildman–Crippen MR) is 65.5 cm³/mol. The molecule has 0 heterocycles. The number of carbonyl (C=O) groups excluding carboxylic acids is 1. The van der Waals surface area contributed by atoms with Gasteiger partial charge in [-0.2, -0.15) is 0 Å². The molecule has 1 rings (SSSR count). The zero-order chi connectivity index (χ0) is 12.8.